The van der Waals surface area contributed by atoms with Gasteiger partial charge < -0.3 is 4.90 Å². The summed E-state index contributed by atoms with van der Waals surface area (Å²) in [6.07, 6.45) is 5.15. The molecule has 100 valence electrons. The Morgan fingerprint density at radius 2 is 2.00 bits per heavy atom. The number of unbranched alkanes of at least 4 members (excludes halogenated alkanes) is 1. The minimum Gasteiger partial charge on any atom is -0.371 e. The lowest BCUT2D eigenvalue weighted by atomic mass is 9.82. The van der Waals surface area contributed by atoms with E-state index in [4.69, 9.17) is 0 Å². The summed E-state index contributed by atoms with van der Waals surface area (Å²) in [5, 5.41) is 0. The molecule has 0 unspecified atom stereocenters. The zero-order valence-corrected chi connectivity index (χ0v) is 12.4. The maximum absolute atomic E-state index is 2.63. The molecule has 0 bridgehead atoms. The Balaban J connectivity index is 2.40. The molecule has 0 saturated carbocycles. The molecule has 0 amide bonds. The van der Waals surface area contributed by atoms with Crippen LogP contribution in [0.25, 0.3) is 0 Å². The standard InChI is InChI=1S/C17H27N/c1-5-6-12-18-13-8-10-14-9-7-11-15(16(14)18)17(2,3)4/h7,9,11H,5-6,8,10,12-13H2,1-4H3. The molecule has 0 fully saturated rings. The summed E-state index contributed by atoms with van der Waals surface area (Å²) in [5.41, 5.74) is 4.87. The van der Waals surface area contributed by atoms with Crippen LogP contribution in [0, 0.1) is 0 Å². The van der Waals surface area contributed by atoms with E-state index in [0.29, 0.717) is 0 Å². The molecule has 0 radical (unpaired) electrons. The second kappa shape index (κ2) is 5.34. The molecule has 1 aliphatic rings. The van der Waals surface area contributed by atoms with E-state index in [2.05, 4.69) is 50.8 Å². The highest BCUT2D eigenvalue weighted by Crippen LogP contribution is 2.37. The summed E-state index contributed by atoms with van der Waals surface area (Å²) in [4.78, 5) is 2.63. The molecule has 1 aromatic rings. The van der Waals surface area contributed by atoms with E-state index in [9.17, 15) is 0 Å². The molecule has 0 aliphatic carbocycles. The van der Waals surface area contributed by atoms with E-state index in [-0.39, 0.29) is 5.41 Å². The van der Waals surface area contributed by atoms with Crippen molar-refractivity contribution < 1.29 is 0 Å². The zero-order valence-electron chi connectivity index (χ0n) is 12.4. The monoisotopic (exact) mass is 245 g/mol. The quantitative estimate of drug-likeness (QED) is 0.756. The first kappa shape index (κ1) is 13.5. The maximum atomic E-state index is 2.63. The summed E-state index contributed by atoms with van der Waals surface area (Å²) in [6.45, 7) is 11.7. The van der Waals surface area contributed by atoms with Crippen molar-refractivity contribution in [3.8, 4) is 0 Å². The summed E-state index contributed by atoms with van der Waals surface area (Å²) in [5.74, 6) is 0. The molecule has 1 heterocycles. The lowest BCUT2D eigenvalue weighted by Gasteiger charge is -2.36. The van der Waals surface area contributed by atoms with Crippen LogP contribution in [0.5, 0.6) is 0 Å². The van der Waals surface area contributed by atoms with Gasteiger partial charge in [-0.3, -0.25) is 0 Å². The highest BCUT2D eigenvalue weighted by Gasteiger charge is 2.25. The molecule has 1 nitrogen and oxygen atoms in total. The first-order valence-corrected chi connectivity index (χ1v) is 7.41. The molecule has 18 heavy (non-hydrogen) atoms. The van der Waals surface area contributed by atoms with Crippen LogP contribution in [0.1, 0.15) is 58.1 Å². The number of benzene rings is 1. The van der Waals surface area contributed by atoms with Crippen molar-refractivity contribution in [1.82, 2.24) is 0 Å². The second-order valence-corrected chi connectivity index (χ2v) is 6.51. The number of aryl methyl sites for hydroxylation is 1. The lowest BCUT2D eigenvalue weighted by molar-refractivity contribution is 0.575. The minimum absolute atomic E-state index is 0.243. The molecular formula is C17H27N. The number of nitrogens with zero attached hydrogens (tertiary/aromatic N) is 1. The van der Waals surface area contributed by atoms with Crippen LogP contribution in [0.4, 0.5) is 5.69 Å². The topological polar surface area (TPSA) is 3.24 Å². The Kier molecular flexibility index (Phi) is 3.99. The normalized spacial score (nSPS) is 15.7. The average molecular weight is 245 g/mol. The van der Waals surface area contributed by atoms with Crippen LogP contribution in [0.15, 0.2) is 18.2 Å². The van der Waals surface area contributed by atoms with Crippen molar-refractivity contribution in [3.63, 3.8) is 0 Å². The predicted molar refractivity (Wildman–Crippen MR) is 80.6 cm³/mol. The smallest absolute Gasteiger partial charge is 0.0436 e. The fourth-order valence-electron chi connectivity index (χ4n) is 2.92. The van der Waals surface area contributed by atoms with Crippen LogP contribution in [-0.2, 0) is 11.8 Å². The zero-order chi connectivity index (χ0) is 13.2. The fraction of sp³-hybridized carbons (Fsp3) is 0.647. The third-order valence-electron chi connectivity index (χ3n) is 3.90. The van der Waals surface area contributed by atoms with Crippen molar-refractivity contribution in [1.29, 1.82) is 0 Å². The minimum atomic E-state index is 0.243. The molecule has 0 atom stereocenters. The van der Waals surface area contributed by atoms with Crippen molar-refractivity contribution in [2.24, 2.45) is 0 Å². The van der Waals surface area contributed by atoms with Gasteiger partial charge in [0.1, 0.15) is 0 Å². The molecule has 0 saturated heterocycles. The van der Waals surface area contributed by atoms with Gasteiger partial charge in [-0.05, 0) is 35.8 Å². The lowest BCUT2D eigenvalue weighted by Crippen LogP contribution is -2.33. The second-order valence-electron chi connectivity index (χ2n) is 6.51. The molecule has 0 aromatic heterocycles. The van der Waals surface area contributed by atoms with Gasteiger partial charge in [-0.15, -0.1) is 0 Å². The van der Waals surface area contributed by atoms with Gasteiger partial charge in [0.15, 0.2) is 0 Å². The van der Waals surface area contributed by atoms with Crippen LogP contribution < -0.4 is 4.90 Å². The molecule has 1 heteroatoms. The highest BCUT2D eigenvalue weighted by atomic mass is 15.1. The average Bonchev–Trinajstić information content (AvgIpc) is 2.34. The van der Waals surface area contributed by atoms with Gasteiger partial charge in [0.25, 0.3) is 0 Å². The van der Waals surface area contributed by atoms with Crippen molar-refractivity contribution >= 4 is 5.69 Å². The Hall–Kier alpha value is -0.980. The maximum Gasteiger partial charge on any atom is 0.0436 e. The predicted octanol–water partition coefficient (Wildman–Crippen LogP) is 4.54. The van der Waals surface area contributed by atoms with Gasteiger partial charge in [0, 0.05) is 18.8 Å². The van der Waals surface area contributed by atoms with E-state index in [1.807, 2.05) is 0 Å². The van der Waals surface area contributed by atoms with Crippen molar-refractivity contribution in [3.05, 3.63) is 29.3 Å². The van der Waals surface area contributed by atoms with E-state index < -0.39 is 0 Å². The number of hydrogen-bond acceptors (Lipinski definition) is 1. The summed E-state index contributed by atoms with van der Waals surface area (Å²) < 4.78 is 0. The Bertz CT molecular complexity index is 401. The summed E-state index contributed by atoms with van der Waals surface area (Å²) >= 11 is 0. The number of hydrogen-bond donors (Lipinski definition) is 0. The molecule has 0 N–H and O–H groups in total. The largest absolute Gasteiger partial charge is 0.371 e. The van der Waals surface area contributed by atoms with Gasteiger partial charge in [0.05, 0.1) is 0 Å². The van der Waals surface area contributed by atoms with Gasteiger partial charge in [-0.25, -0.2) is 0 Å². The third-order valence-corrected chi connectivity index (χ3v) is 3.90. The van der Waals surface area contributed by atoms with Gasteiger partial charge in [-0.1, -0.05) is 52.3 Å². The summed E-state index contributed by atoms with van der Waals surface area (Å²) in [7, 11) is 0. The molecule has 2 rings (SSSR count). The van der Waals surface area contributed by atoms with E-state index in [0.717, 1.165) is 0 Å². The van der Waals surface area contributed by atoms with E-state index >= 15 is 0 Å². The summed E-state index contributed by atoms with van der Waals surface area (Å²) in [6, 6.07) is 6.88. The first-order chi connectivity index (χ1) is 8.54. The van der Waals surface area contributed by atoms with Gasteiger partial charge in [-0.2, -0.15) is 0 Å². The van der Waals surface area contributed by atoms with Crippen LogP contribution in [-0.4, -0.2) is 13.1 Å². The highest BCUT2D eigenvalue weighted by molar-refractivity contribution is 5.63. The SMILES string of the molecule is CCCCN1CCCc2cccc(C(C)(C)C)c21. The van der Waals surface area contributed by atoms with E-state index in [1.54, 1.807) is 11.3 Å². The molecule has 1 aliphatic heterocycles. The van der Waals surface area contributed by atoms with Crippen LogP contribution in [0.3, 0.4) is 0 Å². The van der Waals surface area contributed by atoms with Crippen molar-refractivity contribution in [2.45, 2.75) is 58.8 Å². The number of anilines is 1. The van der Waals surface area contributed by atoms with Gasteiger partial charge in [0.2, 0.25) is 0 Å². The number of fused-ring (bicyclic) bond motifs is 1. The molecular weight excluding hydrogens is 218 g/mol. The first-order valence-electron chi connectivity index (χ1n) is 7.41. The fourth-order valence-corrected chi connectivity index (χ4v) is 2.92. The molecule has 0 spiro atoms. The number of para-hydroxylation sites is 1. The van der Waals surface area contributed by atoms with Crippen LogP contribution >= 0.6 is 0 Å². The van der Waals surface area contributed by atoms with Gasteiger partial charge >= 0.3 is 0 Å². The third kappa shape index (κ3) is 2.71. The molecule has 1 aromatic carbocycles. The Morgan fingerprint density at radius 1 is 1.22 bits per heavy atom. The van der Waals surface area contributed by atoms with Crippen molar-refractivity contribution in [2.75, 3.05) is 18.0 Å². The van der Waals surface area contributed by atoms with E-state index in [1.165, 1.54) is 44.3 Å². The van der Waals surface area contributed by atoms with Crippen LogP contribution in [0.2, 0.25) is 0 Å². The number of rotatable bonds is 3. The Labute approximate surface area is 112 Å². The Morgan fingerprint density at radius 3 is 2.67 bits per heavy atom.